The number of carbonyl (C=O) groups excluding carboxylic acids is 2. The van der Waals surface area contributed by atoms with Gasteiger partial charge in [-0.25, -0.2) is 15.0 Å². The summed E-state index contributed by atoms with van der Waals surface area (Å²) in [7, 11) is 0. The number of piperidine rings is 1. The Kier molecular flexibility index (Phi) is 7.46. The Labute approximate surface area is 224 Å². The first-order valence-electron chi connectivity index (χ1n) is 12.2. The first-order chi connectivity index (χ1) is 18.2. The summed E-state index contributed by atoms with van der Waals surface area (Å²) >= 11 is 2.00. The molecule has 0 aliphatic carbocycles. The Bertz CT molecular complexity index is 1430. The maximum atomic E-state index is 13.9. The highest BCUT2D eigenvalue weighted by molar-refractivity contribution is 7.20. The van der Waals surface area contributed by atoms with Crippen LogP contribution in [-0.2, 0) is 6.18 Å². The minimum Gasteiger partial charge on any atom is -0.321 e. The van der Waals surface area contributed by atoms with Gasteiger partial charge in [-0.2, -0.15) is 13.2 Å². The molecule has 1 aliphatic heterocycles. The van der Waals surface area contributed by atoms with Crippen molar-refractivity contribution < 1.29 is 22.8 Å². The van der Waals surface area contributed by atoms with Crippen molar-refractivity contribution in [2.45, 2.75) is 32.4 Å². The van der Waals surface area contributed by atoms with Crippen molar-refractivity contribution in [1.29, 1.82) is 0 Å². The van der Waals surface area contributed by atoms with E-state index in [0.29, 0.717) is 29.2 Å². The summed E-state index contributed by atoms with van der Waals surface area (Å²) < 4.78 is 41.7. The SMILES string of the molecule is CCN(C(=O)c1sc(-c2ccc(NC(=O)c3cc4cccnc4s3)cc2)nc1C(F)(F)F)N1CCCCC1. The van der Waals surface area contributed by atoms with Gasteiger partial charge in [-0.1, -0.05) is 12.5 Å². The number of alkyl halides is 3. The monoisotopic (exact) mass is 559 g/mol. The van der Waals surface area contributed by atoms with Crippen molar-refractivity contribution in [3.05, 3.63) is 64.1 Å². The van der Waals surface area contributed by atoms with Crippen LogP contribution in [0.2, 0.25) is 0 Å². The molecule has 3 aromatic heterocycles. The average Bonchev–Trinajstić information content (AvgIpc) is 3.56. The van der Waals surface area contributed by atoms with Crippen LogP contribution in [-0.4, -0.2) is 51.4 Å². The molecule has 198 valence electrons. The summed E-state index contributed by atoms with van der Waals surface area (Å²) in [5.74, 6) is -0.994. The number of halogens is 3. The zero-order valence-electron chi connectivity index (χ0n) is 20.4. The van der Waals surface area contributed by atoms with Gasteiger partial charge in [0, 0.05) is 42.5 Å². The number of hydrogen-bond acceptors (Lipinski definition) is 7. The molecule has 0 atom stereocenters. The molecule has 4 heterocycles. The van der Waals surface area contributed by atoms with Crippen molar-refractivity contribution in [2.75, 3.05) is 25.0 Å². The Balaban J connectivity index is 1.37. The Morgan fingerprint density at radius 3 is 2.47 bits per heavy atom. The van der Waals surface area contributed by atoms with Crippen LogP contribution in [0.4, 0.5) is 18.9 Å². The van der Waals surface area contributed by atoms with E-state index in [-0.39, 0.29) is 17.5 Å². The van der Waals surface area contributed by atoms with Gasteiger partial charge in [0.25, 0.3) is 11.8 Å². The number of benzene rings is 1. The molecule has 0 saturated carbocycles. The number of anilines is 1. The minimum absolute atomic E-state index is 0.0869. The number of carbonyl (C=O) groups is 2. The number of hydrogen-bond donors (Lipinski definition) is 1. The molecule has 38 heavy (non-hydrogen) atoms. The second-order valence-electron chi connectivity index (χ2n) is 8.77. The smallest absolute Gasteiger partial charge is 0.321 e. The molecule has 7 nitrogen and oxygen atoms in total. The molecule has 1 aromatic carbocycles. The van der Waals surface area contributed by atoms with Gasteiger partial charge < -0.3 is 5.32 Å². The summed E-state index contributed by atoms with van der Waals surface area (Å²) in [5, 5.41) is 6.98. The number of pyridine rings is 1. The molecule has 0 unspecified atom stereocenters. The van der Waals surface area contributed by atoms with Crippen LogP contribution in [0.25, 0.3) is 20.8 Å². The third-order valence-electron chi connectivity index (χ3n) is 6.21. The van der Waals surface area contributed by atoms with Crippen LogP contribution in [0, 0.1) is 0 Å². The van der Waals surface area contributed by atoms with Crippen LogP contribution in [0.1, 0.15) is 51.2 Å². The first-order valence-corrected chi connectivity index (χ1v) is 13.8. The topological polar surface area (TPSA) is 78.4 Å². The lowest BCUT2D eigenvalue weighted by molar-refractivity contribution is -0.141. The van der Waals surface area contributed by atoms with E-state index in [0.717, 1.165) is 40.8 Å². The van der Waals surface area contributed by atoms with E-state index < -0.39 is 22.7 Å². The van der Waals surface area contributed by atoms with Crippen molar-refractivity contribution >= 4 is 50.4 Å². The van der Waals surface area contributed by atoms with E-state index in [1.165, 1.54) is 16.3 Å². The maximum Gasteiger partial charge on any atom is 0.435 e. The highest BCUT2D eigenvalue weighted by atomic mass is 32.1. The van der Waals surface area contributed by atoms with Crippen molar-refractivity contribution in [3.63, 3.8) is 0 Å². The van der Waals surface area contributed by atoms with Crippen LogP contribution in [0.5, 0.6) is 0 Å². The molecule has 1 N–H and O–H groups in total. The largest absolute Gasteiger partial charge is 0.435 e. The number of aromatic nitrogens is 2. The molecule has 2 amide bonds. The quantitative estimate of drug-likeness (QED) is 0.290. The van der Waals surface area contributed by atoms with Crippen LogP contribution < -0.4 is 5.32 Å². The van der Waals surface area contributed by atoms with E-state index in [1.807, 2.05) is 11.1 Å². The lowest BCUT2D eigenvalue weighted by Gasteiger charge is -2.36. The van der Waals surface area contributed by atoms with Crippen LogP contribution in [0.3, 0.4) is 0 Å². The number of amides is 2. The number of thiazole rings is 1. The Hall–Kier alpha value is -3.35. The first kappa shape index (κ1) is 26.3. The van der Waals surface area contributed by atoms with Crippen molar-refractivity contribution in [1.82, 2.24) is 20.0 Å². The second kappa shape index (κ2) is 10.8. The zero-order valence-corrected chi connectivity index (χ0v) is 22.1. The van der Waals surface area contributed by atoms with Gasteiger partial charge in [-0.15, -0.1) is 22.7 Å². The van der Waals surface area contributed by atoms with Gasteiger partial charge in [0.05, 0.1) is 4.88 Å². The van der Waals surface area contributed by atoms with Crippen LogP contribution in [0.15, 0.2) is 48.7 Å². The number of thiophene rings is 1. The normalized spacial score (nSPS) is 14.5. The highest BCUT2D eigenvalue weighted by Crippen LogP contribution is 2.39. The third-order valence-corrected chi connectivity index (χ3v) is 8.36. The lowest BCUT2D eigenvalue weighted by Crippen LogP contribution is -2.48. The van der Waals surface area contributed by atoms with Crippen molar-refractivity contribution in [2.24, 2.45) is 0 Å². The van der Waals surface area contributed by atoms with Gasteiger partial charge in [0.1, 0.15) is 14.7 Å². The maximum absolute atomic E-state index is 13.9. The molecule has 1 saturated heterocycles. The lowest BCUT2D eigenvalue weighted by atomic mass is 10.1. The molecule has 0 radical (unpaired) electrons. The zero-order chi connectivity index (χ0) is 26.9. The molecule has 1 aliphatic rings. The second-order valence-corrected chi connectivity index (χ2v) is 10.8. The third kappa shape index (κ3) is 5.42. The molecule has 1 fully saturated rings. The van der Waals surface area contributed by atoms with E-state index in [4.69, 9.17) is 0 Å². The average molecular weight is 560 g/mol. The predicted octanol–water partition coefficient (Wildman–Crippen LogP) is 6.55. The van der Waals surface area contributed by atoms with Gasteiger partial charge >= 0.3 is 6.18 Å². The fourth-order valence-corrected chi connectivity index (χ4v) is 6.29. The Morgan fingerprint density at radius 1 is 1.08 bits per heavy atom. The van der Waals surface area contributed by atoms with Gasteiger partial charge in [0.15, 0.2) is 5.69 Å². The van der Waals surface area contributed by atoms with E-state index in [2.05, 4.69) is 15.3 Å². The summed E-state index contributed by atoms with van der Waals surface area (Å²) in [5.41, 5.74) is -0.270. The van der Waals surface area contributed by atoms with E-state index in [1.54, 1.807) is 49.5 Å². The molecule has 4 aromatic rings. The van der Waals surface area contributed by atoms with Crippen molar-refractivity contribution in [3.8, 4) is 10.6 Å². The Morgan fingerprint density at radius 2 is 1.82 bits per heavy atom. The van der Waals surface area contributed by atoms with E-state index >= 15 is 0 Å². The number of hydrazine groups is 1. The number of nitrogens with zero attached hydrogens (tertiary/aromatic N) is 4. The minimum atomic E-state index is -4.77. The summed E-state index contributed by atoms with van der Waals surface area (Å²) in [6.45, 7) is 3.30. The molecule has 5 rings (SSSR count). The molecule has 12 heteroatoms. The standard InChI is InChI=1S/C26H24F3N5O2S2/c1-2-34(33-13-4-3-5-14-33)25(36)20-21(26(27,28)29)32-24(38-20)16-8-10-18(11-9-16)31-22(35)19-15-17-7-6-12-30-23(17)37-19/h6-12,15H,2-5,13-14H2,1H3,(H,31,35). The number of rotatable bonds is 6. The highest BCUT2D eigenvalue weighted by Gasteiger charge is 2.41. The summed E-state index contributed by atoms with van der Waals surface area (Å²) in [4.78, 5) is 34.9. The molecule has 0 spiro atoms. The van der Waals surface area contributed by atoms with Crippen LogP contribution >= 0.6 is 22.7 Å². The fourth-order valence-electron chi connectivity index (χ4n) is 4.36. The summed E-state index contributed by atoms with van der Waals surface area (Å²) in [6.07, 6.45) is -0.278. The predicted molar refractivity (Wildman–Crippen MR) is 142 cm³/mol. The van der Waals surface area contributed by atoms with Gasteiger partial charge in [-0.3, -0.25) is 14.6 Å². The fraction of sp³-hybridized carbons (Fsp3) is 0.308. The number of fused-ring (bicyclic) bond motifs is 1. The molecular formula is C26H24F3N5O2S2. The van der Waals surface area contributed by atoms with E-state index in [9.17, 15) is 22.8 Å². The summed E-state index contributed by atoms with van der Waals surface area (Å²) in [6, 6.07) is 11.8. The molecular weight excluding hydrogens is 535 g/mol. The van der Waals surface area contributed by atoms with Gasteiger partial charge in [-0.05, 0) is 56.2 Å². The number of nitrogens with one attached hydrogen (secondary N) is 1. The molecule has 0 bridgehead atoms. The van der Waals surface area contributed by atoms with Gasteiger partial charge in [0.2, 0.25) is 0 Å².